The molecule has 2 heterocycles. The lowest BCUT2D eigenvalue weighted by Gasteiger charge is -2.12. The van der Waals surface area contributed by atoms with Gasteiger partial charge in [0.05, 0.1) is 18.5 Å². The molecule has 0 atom stereocenters. The number of ether oxygens (including phenoxy) is 1. The number of methoxy groups -OCH3 is 1. The fraction of sp³-hybridized carbons (Fsp3) is 0.0476. The highest BCUT2D eigenvalue weighted by atomic mass is 32.1. The number of carbonyl (C=O) groups is 1. The molecule has 0 bridgehead atoms. The number of halogens is 1. The van der Waals surface area contributed by atoms with Crippen LogP contribution in [0.15, 0.2) is 58.3 Å². The Labute approximate surface area is 174 Å². The molecule has 0 radical (unpaired) electrons. The molecule has 7 nitrogen and oxygen atoms in total. The van der Waals surface area contributed by atoms with E-state index in [1.807, 2.05) is 0 Å². The van der Waals surface area contributed by atoms with Crippen molar-refractivity contribution < 1.29 is 19.0 Å². The predicted octanol–water partition coefficient (Wildman–Crippen LogP) is 3.54. The molecule has 3 aromatic rings. The standard InChI is InChI=1S/C21H14FN3O4S/c1-29-20(28)17-12(11-6-2-4-8-15(11)23-17)10-13-18(26)24-21(30)25(19(13)27)16-9-5-3-7-14(16)22/h2-10,27H,1H3,(H,24,26,30). The van der Waals surface area contributed by atoms with Crippen LogP contribution in [0, 0.1) is 10.6 Å². The molecule has 0 unspecified atom stereocenters. The van der Waals surface area contributed by atoms with Crippen molar-refractivity contribution in [3.8, 4) is 11.6 Å². The third-order valence-electron chi connectivity index (χ3n) is 4.56. The highest BCUT2D eigenvalue weighted by Crippen LogP contribution is 2.37. The number of hydrogen-bond acceptors (Lipinski definition) is 6. The SMILES string of the molecule is COC(=O)C1=Nc2ccccc2C1=Cc1c(O)n(-c2ccccc2F)c(=S)[nH]c1=O. The van der Waals surface area contributed by atoms with Gasteiger partial charge in [0.15, 0.2) is 10.5 Å². The third kappa shape index (κ3) is 3.15. The Bertz CT molecular complexity index is 1370. The predicted molar refractivity (Wildman–Crippen MR) is 112 cm³/mol. The molecule has 0 saturated carbocycles. The zero-order valence-electron chi connectivity index (χ0n) is 15.5. The summed E-state index contributed by atoms with van der Waals surface area (Å²) < 4.78 is 19.9. The molecular weight excluding hydrogens is 409 g/mol. The second kappa shape index (κ2) is 7.53. The number of benzene rings is 2. The number of aromatic hydroxyl groups is 1. The Balaban J connectivity index is 1.99. The summed E-state index contributed by atoms with van der Waals surface area (Å²) in [7, 11) is 1.22. The van der Waals surface area contributed by atoms with Crippen molar-refractivity contribution in [3.05, 3.63) is 80.6 Å². The first-order valence-corrected chi connectivity index (χ1v) is 9.15. The maximum absolute atomic E-state index is 14.3. The van der Waals surface area contributed by atoms with Crippen LogP contribution in [0.5, 0.6) is 5.88 Å². The van der Waals surface area contributed by atoms with E-state index in [1.54, 1.807) is 30.3 Å². The van der Waals surface area contributed by atoms with Crippen LogP contribution < -0.4 is 5.56 Å². The Kier molecular flexibility index (Phi) is 4.88. The topological polar surface area (TPSA) is 96.7 Å². The average Bonchev–Trinajstić information content (AvgIpc) is 3.10. The van der Waals surface area contributed by atoms with Gasteiger partial charge in [-0.1, -0.05) is 30.3 Å². The smallest absolute Gasteiger partial charge is 0.357 e. The molecule has 150 valence electrons. The minimum atomic E-state index is -0.703. The first kappa shape index (κ1) is 19.5. The second-order valence-corrected chi connectivity index (χ2v) is 6.70. The molecule has 1 aromatic heterocycles. The van der Waals surface area contributed by atoms with Crippen molar-refractivity contribution in [1.82, 2.24) is 9.55 Å². The van der Waals surface area contributed by atoms with E-state index < -0.39 is 23.2 Å². The van der Waals surface area contributed by atoms with Gasteiger partial charge in [-0.25, -0.2) is 14.2 Å². The van der Waals surface area contributed by atoms with Crippen LogP contribution in [-0.4, -0.2) is 33.4 Å². The van der Waals surface area contributed by atoms with E-state index in [1.165, 1.54) is 31.4 Å². The number of rotatable bonds is 3. The minimum Gasteiger partial charge on any atom is -0.494 e. The molecule has 4 rings (SSSR count). The van der Waals surface area contributed by atoms with Crippen molar-refractivity contribution in [1.29, 1.82) is 0 Å². The molecule has 9 heteroatoms. The van der Waals surface area contributed by atoms with Gasteiger partial charge in [0.25, 0.3) is 5.56 Å². The summed E-state index contributed by atoms with van der Waals surface area (Å²) in [5.74, 6) is -1.91. The van der Waals surface area contributed by atoms with Gasteiger partial charge >= 0.3 is 5.97 Å². The number of hydrogen-bond donors (Lipinski definition) is 2. The zero-order valence-corrected chi connectivity index (χ0v) is 16.4. The number of aromatic amines is 1. The van der Waals surface area contributed by atoms with Crippen LogP contribution in [0.3, 0.4) is 0 Å². The summed E-state index contributed by atoms with van der Waals surface area (Å²) in [6, 6.07) is 12.6. The molecule has 30 heavy (non-hydrogen) atoms. The second-order valence-electron chi connectivity index (χ2n) is 6.31. The molecule has 0 aliphatic carbocycles. The summed E-state index contributed by atoms with van der Waals surface area (Å²) >= 11 is 5.12. The third-order valence-corrected chi connectivity index (χ3v) is 4.85. The largest absolute Gasteiger partial charge is 0.494 e. The van der Waals surface area contributed by atoms with E-state index in [0.717, 1.165) is 4.57 Å². The quantitative estimate of drug-likeness (QED) is 0.496. The minimum absolute atomic E-state index is 0.0163. The van der Waals surface area contributed by atoms with E-state index in [9.17, 15) is 19.1 Å². The molecule has 1 aliphatic heterocycles. The van der Waals surface area contributed by atoms with E-state index in [-0.39, 0.29) is 27.3 Å². The number of nitrogens with zero attached hydrogens (tertiary/aromatic N) is 2. The summed E-state index contributed by atoms with van der Waals surface area (Å²) in [5, 5.41) is 10.8. The monoisotopic (exact) mass is 423 g/mol. The molecule has 2 N–H and O–H groups in total. The van der Waals surface area contributed by atoms with E-state index >= 15 is 0 Å². The van der Waals surface area contributed by atoms with Gasteiger partial charge in [-0.2, -0.15) is 0 Å². The van der Waals surface area contributed by atoms with Gasteiger partial charge in [-0.3, -0.25) is 14.3 Å². The van der Waals surface area contributed by atoms with Gasteiger partial charge in [0, 0.05) is 11.1 Å². The van der Waals surface area contributed by atoms with Gasteiger partial charge in [-0.05, 0) is 36.5 Å². The fourth-order valence-electron chi connectivity index (χ4n) is 3.18. The zero-order chi connectivity index (χ0) is 21.4. The summed E-state index contributed by atoms with van der Waals surface area (Å²) in [4.78, 5) is 31.5. The van der Waals surface area contributed by atoms with Gasteiger partial charge in [0.1, 0.15) is 11.4 Å². The Morgan fingerprint density at radius 3 is 2.67 bits per heavy atom. The number of aromatic nitrogens is 2. The number of fused-ring (bicyclic) bond motifs is 1. The van der Waals surface area contributed by atoms with Crippen LogP contribution >= 0.6 is 12.2 Å². The number of nitrogens with one attached hydrogen (secondary N) is 1. The molecular formula is C21H14FN3O4S. The van der Waals surface area contributed by atoms with Crippen LogP contribution in [-0.2, 0) is 9.53 Å². The van der Waals surface area contributed by atoms with Crippen molar-refractivity contribution in [2.45, 2.75) is 0 Å². The average molecular weight is 423 g/mol. The number of H-pyrrole nitrogens is 1. The lowest BCUT2D eigenvalue weighted by atomic mass is 10.0. The van der Waals surface area contributed by atoms with Gasteiger partial charge < -0.3 is 9.84 Å². The van der Waals surface area contributed by atoms with E-state index in [2.05, 4.69) is 9.98 Å². The molecule has 0 amide bonds. The first-order chi connectivity index (χ1) is 14.4. The number of carbonyl (C=O) groups excluding carboxylic acids is 1. The molecule has 0 spiro atoms. The molecule has 2 aromatic carbocycles. The van der Waals surface area contributed by atoms with Crippen molar-refractivity contribution in [2.24, 2.45) is 4.99 Å². The van der Waals surface area contributed by atoms with Crippen molar-refractivity contribution in [3.63, 3.8) is 0 Å². The molecule has 0 saturated heterocycles. The van der Waals surface area contributed by atoms with Crippen LogP contribution in [0.25, 0.3) is 17.3 Å². The summed E-state index contributed by atoms with van der Waals surface area (Å²) in [6.45, 7) is 0. The number of aliphatic imine (C=N–C) groups is 1. The van der Waals surface area contributed by atoms with Crippen molar-refractivity contribution in [2.75, 3.05) is 7.11 Å². The van der Waals surface area contributed by atoms with E-state index in [0.29, 0.717) is 11.3 Å². The van der Waals surface area contributed by atoms with E-state index in [4.69, 9.17) is 17.0 Å². The maximum Gasteiger partial charge on any atom is 0.357 e. The molecule has 0 fully saturated rings. The lowest BCUT2D eigenvalue weighted by molar-refractivity contribution is -0.132. The highest BCUT2D eigenvalue weighted by Gasteiger charge is 2.28. The molecule has 1 aliphatic rings. The summed E-state index contributed by atoms with van der Waals surface area (Å²) in [5.41, 5.74) is 0.414. The maximum atomic E-state index is 14.3. The number of esters is 1. The van der Waals surface area contributed by atoms with Crippen LogP contribution in [0.4, 0.5) is 10.1 Å². The van der Waals surface area contributed by atoms with Gasteiger partial charge in [-0.15, -0.1) is 0 Å². The van der Waals surface area contributed by atoms with Crippen LogP contribution in [0.2, 0.25) is 0 Å². The van der Waals surface area contributed by atoms with Crippen molar-refractivity contribution >= 4 is 41.2 Å². The Morgan fingerprint density at radius 1 is 1.23 bits per heavy atom. The van der Waals surface area contributed by atoms with Gasteiger partial charge in [0.2, 0.25) is 5.88 Å². The lowest BCUT2D eigenvalue weighted by Crippen LogP contribution is -2.18. The highest BCUT2D eigenvalue weighted by molar-refractivity contribution is 7.71. The van der Waals surface area contributed by atoms with Crippen LogP contribution in [0.1, 0.15) is 11.1 Å². The Morgan fingerprint density at radius 2 is 1.93 bits per heavy atom. The Hall–Kier alpha value is -3.85. The summed E-state index contributed by atoms with van der Waals surface area (Å²) in [6.07, 6.45) is 1.31. The number of para-hydroxylation sites is 2. The first-order valence-electron chi connectivity index (χ1n) is 8.74. The fourth-order valence-corrected chi connectivity index (χ4v) is 3.45. The normalized spacial score (nSPS) is 13.8.